The van der Waals surface area contributed by atoms with Gasteiger partial charge in [-0.05, 0) is 19.4 Å². The van der Waals surface area contributed by atoms with Gasteiger partial charge in [0.1, 0.15) is 6.61 Å². The van der Waals surface area contributed by atoms with Crippen molar-refractivity contribution in [3.05, 3.63) is 0 Å². The number of ketones is 1. The number of hydrogen-bond acceptors (Lipinski definition) is 4. The van der Waals surface area contributed by atoms with Crippen LogP contribution in [0.2, 0.25) is 0 Å². The second-order valence-corrected chi connectivity index (χ2v) is 3.50. The molecule has 1 aliphatic heterocycles. The third-order valence-corrected chi connectivity index (χ3v) is 2.19. The van der Waals surface area contributed by atoms with Crippen molar-refractivity contribution >= 4 is 5.78 Å². The highest BCUT2D eigenvalue weighted by atomic mass is 16.5. The fourth-order valence-corrected chi connectivity index (χ4v) is 1.63. The Bertz CT molecular complexity index is 172. The largest absolute Gasteiger partial charge is 0.392 e. The SMILES string of the molecule is COCC(=O)CN1CCCC(O)C1. The molecule has 0 aromatic heterocycles. The smallest absolute Gasteiger partial charge is 0.172 e. The van der Waals surface area contributed by atoms with E-state index in [0.29, 0.717) is 13.1 Å². The number of nitrogens with zero attached hydrogens (tertiary/aromatic N) is 1. The summed E-state index contributed by atoms with van der Waals surface area (Å²) < 4.78 is 4.73. The minimum Gasteiger partial charge on any atom is -0.392 e. The summed E-state index contributed by atoms with van der Waals surface area (Å²) in [5.41, 5.74) is 0. The summed E-state index contributed by atoms with van der Waals surface area (Å²) in [4.78, 5) is 13.2. The molecule has 0 aromatic rings. The van der Waals surface area contributed by atoms with E-state index in [1.54, 1.807) is 0 Å². The molecule has 0 spiro atoms. The first-order valence-corrected chi connectivity index (χ1v) is 4.63. The van der Waals surface area contributed by atoms with E-state index in [0.717, 1.165) is 19.4 Å². The molecule has 0 saturated carbocycles. The molecule has 1 rings (SSSR count). The highest BCUT2D eigenvalue weighted by molar-refractivity contribution is 5.81. The molecule has 0 aliphatic carbocycles. The summed E-state index contributed by atoms with van der Waals surface area (Å²) in [5, 5.41) is 9.34. The zero-order valence-electron chi connectivity index (χ0n) is 8.03. The molecule has 1 heterocycles. The fourth-order valence-electron chi connectivity index (χ4n) is 1.63. The van der Waals surface area contributed by atoms with E-state index in [1.165, 1.54) is 7.11 Å². The summed E-state index contributed by atoms with van der Waals surface area (Å²) in [6, 6.07) is 0. The Balaban J connectivity index is 2.23. The molecule has 1 unspecified atom stereocenters. The minimum atomic E-state index is -0.260. The fraction of sp³-hybridized carbons (Fsp3) is 0.889. The van der Waals surface area contributed by atoms with Crippen molar-refractivity contribution in [2.24, 2.45) is 0 Å². The van der Waals surface area contributed by atoms with Gasteiger partial charge >= 0.3 is 0 Å². The van der Waals surface area contributed by atoms with Crippen molar-refractivity contribution < 1.29 is 14.6 Å². The summed E-state index contributed by atoms with van der Waals surface area (Å²) in [5.74, 6) is 0.0802. The average Bonchev–Trinajstić information content (AvgIpc) is 2.04. The van der Waals surface area contributed by atoms with Gasteiger partial charge in [-0.25, -0.2) is 0 Å². The zero-order valence-corrected chi connectivity index (χ0v) is 8.03. The van der Waals surface area contributed by atoms with Crippen molar-refractivity contribution in [2.45, 2.75) is 18.9 Å². The molecule has 0 radical (unpaired) electrons. The first-order valence-electron chi connectivity index (χ1n) is 4.63. The summed E-state index contributed by atoms with van der Waals surface area (Å²) in [6.07, 6.45) is 1.57. The summed E-state index contributed by atoms with van der Waals surface area (Å²) in [7, 11) is 1.52. The van der Waals surface area contributed by atoms with Crippen LogP contribution in [0.25, 0.3) is 0 Å². The molecule has 0 aromatic carbocycles. The number of methoxy groups -OCH3 is 1. The number of β-amino-alcohol motifs (C(OH)–C–C–N with tert-alkyl or cyclic N) is 1. The van der Waals surface area contributed by atoms with Crippen molar-refractivity contribution in [3.8, 4) is 0 Å². The van der Waals surface area contributed by atoms with Crippen LogP contribution in [0.3, 0.4) is 0 Å². The maximum absolute atomic E-state index is 11.2. The zero-order chi connectivity index (χ0) is 9.68. The molecule has 1 aliphatic rings. The van der Waals surface area contributed by atoms with Crippen LogP contribution in [0.5, 0.6) is 0 Å². The molecule has 1 atom stereocenters. The van der Waals surface area contributed by atoms with Gasteiger partial charge in [0.25, 0.3) is 0 Å². The quantitative estimate of drug-likeness (QED) is 0.654. The number of piperidine rings is 1. The standard InChI is InChI=1S/C9H17NO3/c1-13-7-9(12)6-10-4-2-3-8(11)5-10/h8,11H,2-7H2,1H3. The molecule has 0 bridgehead atoms. The first-order chi connectivity index (χ1) is 6.22. The van der Waals surface area contributed by atoms with Gasteiger partial charge in [0.15, 0.2) is 5.78 Å². The van der Waals surface area contributed by atoms with Gasteiger partial charge in [0.05, 0.1) is 12.6 Å². The Morgan fingerprint density at radius 3 is 3.08 bits per heavy atom. The topological polar surface area (TPSA) is 49.8 Å². The van der Waals surface area contributed by atoms with Crippen molar-refractivity contribution in [1.82, 2.24) is 4.90 Å². The molecule has 13 heavy (non-hydrogen) atoms. The van der Waals surface area contributed by atoms with Crippen LogP contribution in [0.1, 0.15) is 12.8 Å². The van der Waals surface area contributed by atoms with Crippen LogP contribution in [0, 0.1) is 0 Å². The molecule has 1 N–H and O–H groups in total. The van der Waals surface area contributed by atoms with Gasteiger partial charge in [-0.2, -0.15) is 0 Å². The number of aliphatic hydroxyl groups excluding tert-OH is 1. The third kappa shape index (κ3) is 3.85. The average molecular weight is 187 g/mol. The number of rotatable bonds is 4. The predicted molar refractivity (Wildman–Crippen MR) is 48.6 cm³/mol. The molecule has 1 fully saturated rings. The van der Waals surface area contributed by atoms with Crippen LogP contribution in [0.15, 0.2) is 0 Å². The first kappa shape index (κ1) is 10.6. The number of carbonyl (C=O) groups is 1. The second-order valence-electron chi connectivity index (χ2n) is 3.50. The van der Waals surface area contributed by atoms with E-state index in [9.17, 15) is 9.90 Å². The lowest BCUT2D eigenvalue weighted by Crippen LogP contribution is -2.41. The molecule has 76 valence electrons. The van der Waals surface area contributed by atoms with Crippen LogP contribution in [-0.4, -0.2) is 55.2 Å². The molecule has 0 amide bonds. The molecular weight excluding hydrogens is 170 g/mol. The number of likely N-dealkylation sites (tertiary alicyclic amines) is 1. The number of ether oxygens (including phenoxy) is 1. The second kappa shape index (κ2) is 5.32. The van der Waals surface area contributed by atoms with Crippen molar-refractivity contribution in [2.75, 3.05) is 33.4 Å². The minimum absolute atomic E-state index is 0.0802. The Morgan fingerprint density at radius 2 is 2.46 bits per heavy atom. The van der Waals surface area contributed by atoms with Gasteiger partial charge in [-0.3, -0.25) is 9.69 Å². The number of Topliss-reactive ketones (excluding diaryl/α,β-unsaturated/α-hetero) is 1. The Morgan fingerprint density at radius 1 is 1.69 bits per heavy atom. The summed E-state index contributed by atoms with van der Waals surface area (Å²) >= 11 is 0. The number of carbonyl (C=O) groups excluding carboxylic acids is 1. The lowest BCUT2D eigenvalue weighted by Gasteiger charge is -2.29. The Hall–Kier alpha value is -0.450. The third-order valence-electron chi connectivity index (χ3n) is 2.19. The predicted octanol–water partition coefficient (Wildman–Crippen LogP) is -0.341. The van der Waals surface area contributed by atoms with Gasteiger partial charge in [-0.1, -0.05) is 0 Å². The van der Waals surface area contributed by atoms with Crippen molar-refractivity contribution in [1.29, 1.82) is 0 Å². The number of hydrogen-bond donors (Lipinski definition) is 1. The molecular formula is C9H17NO3. The van der Waals surface area contributed by atoms with Crippen molar-refractivity contribution in [3.63, 3.8) is 0 Å². The van der Waals surface area contributed by atoms with E-state index in [1.807, 2.05) is 4.90 Å². The molecule has 4 nitrogen and oxygen atoms in total. The Kier molecular flexibility index (Phi) is 4.35. The lowest BCUT2D eigenvalue weighted by atomic mass is 10.1. The number of aliphatic hydroxyl groups is 1. The van der Waals surface area contributed by atoms with E-state index >= 15 is 0 Å². The van der Waals surface area contributed by atoms with E-state index in [2.05, 4.69) is 0 Å². The maximum atomic E-state index is 11.2. The van der Waals surface area contributed by atoms with Gasteiger partial charge < -0.3 is 9.84 Å². The van der Waals surface area contributed by atoms with Gasteiger partial charge in [0.2, 0.25) is 0 Å². The lowest BCUT2D eigenvalue weighted by molar-refractivity contribution is -0.124. The Labute approximate surface area is 78.5 Å². The van der Waals surface area contributed by atoms with Crippen LogP contribution < -0.4 is 0 Å². The van der Waals surface area contributed by atoms with Crippen LogP contribution in [-0.2, 0) is 9.53 Å². The summed E-state index contributed by atoms with van der Waals surface area (Å²) in [6.45, 7) is 2.11. The monoisotopic (exact) mass is 187 g/mol. The van der Waals surface area contributed by atoms with E-state index < -0.39 is 0 Å². The molecule has 1 saturated heterocycles. The van der Waals surface area contributed by atoms with Crippen LogP contribution in [0.4, 0.5) is 0 Å². The normalized spacial score (nSPS) is 24.6. The highest BCUT2D eigenvalue weighted by Gasteiger charge is 2.19. The van der Waals surface area contributed by atoms with Gasteiger partial charge in [0, 0.05) is 13.7 Å². The maximum Gasteiger partial charge on any atom is 0.172 e. The highest BCUT2D eigenvalue weighted by Crippen LogP contribution is 2.08. The van der Waals surface area contributed by atoms with E-state index in [-0.39, 0.29) is 18.5 Å². The van der Waals surface area contributed by atoms with Crippen LogP contribution >= 0.6 is 0 Å². The molecule has 4 heteroatoms. The van der Waals surface area contributed by atoms with E-state index in [4.69, 9.17) is 4.74 Å². The van der Waals surface area contributed by atoms with Gasteiger partial charge in [-0.15, -0.1) is 0 Å².